The Kier molecular flexibility index (Phi) is 10.1. The highest BCUT2D eigenvalue weighted by Crippen LogP contribution is 2.60. The molecule has 2 aliphatic heterocycles. The van der Waals surface area contributed by atoms with Crippen molar-refractivity contribution in [3.05, 3.63) is 65.5 Å². The summed E-state index contributed by atoms with van der Waals surface area (Å²) in [7, 11) is -1.55. The number of hydrogen-bond acceptors (Lipinski definition) is 10. The van der Waals surface area contributed by atoms with E-state index in [9.17, 15) is 24.3 Å². The summed E-state index contributed by atoms with van der Waals surface area (Å²) < 4.78 is 13.4. The van der Waals surface area contributed by atoms with Gasteiger partial charge in [0.1, 0.15) is 0 Å². The Morgan fingerprint density at radius 1 is 1.15 bits per heavy atom. The molecule has 13 nitrogen and oxygen atoms in total. The lowest BCUT2D eigenvalue weighted by Gasteiger charge is -2.32. The molecule has 1 fully saturated rings. The van der Waals surface area contributed by atoms with Gasteiger partial charge in [0.25, 0.3) is 11.8 Å². The van der Waals surface area contributed by atoms with Crippen LogP contribution in [0.15, 0.2) is 48.7 Å². The number of nitrogens with one attached hydrogen (secondary N) is 1. The molecule has 0 saturated carbocycles. The fourth-order valence-corrected chi connectivity index (χ4v) is 9.67. The van der Waals surface area contributed by atoms with Gasteiger partial charge in [-0.25, -0.2) is 0 Å². The first-order valence-electron chi connectivity index (χ1n) is 16.0. The predicted molar refractivity (Wildman–Crippen MR) is 178 cm³/mol. The number of aliphatic hydroxyl groups excluding tert-OH is 1. The number of esters is 1. The van der Waals surface area contributed by atoms with Gasteiger partial charge in [0, 0.05) is 72.7 Å². The number of hydrogen-bond donors (Lipinski definition) is 4. The van der Waals surface area contributed by atoms with Crippen molar-refractivity contribution in [3.63, 3.8) is 0 Å². The van der Waals surface area contributed by atoms with Crippen molar-refractivity contribution in [2.75, 3.05) is 36.2 Å². The molecule has 2 aliphatic rings. The van der Waals surface area contributed by atoms with Crippen LogP contribution in [0.3, 0.4) is 0 Å². The molecule has 5 rings (SSSR count). The van der Waals surface area contributed by atoms with Crippen molar-refractivity contribution < 1.29 is 33.8 Å². The van der Waals surface area contributed by atoms with Gasteiger partial charge in [-0.1, -0.05) is 12.1 Å². The van der Waals surface area contributed by atoms with Gasteiger partial charge in [-0.3, -0.25) is 19.1 Å². The van der Waals surface area contributed by atoms with Gasteiger partial charge < -0.3 is 35.3 Å². The molecule has 1 saturated heterocycles. The number of aliphatic hydroxyl groups is 1. The van der Waals surface area contributed by atoms with Crippen molar-refractivity contribution in [2.45, 2.75) is 75.9 Å². The van der Waals surface area contributed by atoms with Crippen LogP contribution in [-0.2, 0) is 37.6 Å². The van der Waals surface area contributed by atoms with E-state index < -0.39 is 25.9 Å². The number of anilines is 3. The molecule has 0 bridgehead atoms. The largest absolute Gasteiger partial charge is 0.469 e. The SMILES string of the molecule is COC(=O)CCCCN1C(=O)[C@]2(O[C@H](CCn3cc(CCO)nn3)[C@@H]([Si](C)(C)O)[C@@H]2C)c2cc(NC(=O)c3ccc(N)cc3)ccc21. The van der Waals surface area contributed by atoms with Crippen LogP contribution in [0, 0.1) is 5.92 Å². The summed E-state index contributed by atoms with van der Waals surface area (Å²) in [5.41, 5.74) is 7.57. The third kappa shape index (κ3) is 6.95. The van der Waals surface area contributed by atoms with Crippen LogP contribution < -0.4 is 16.0 Å². The summed E-state index contributed by atoms with van der Waals surface area (Å²) in [5.74, 6) is -1.25. The fourth-order valence-electron chi connectivity index (χ4n) is 7.06. The Morgan fingerprint density at radius 2 is 1.89 bits per heavy atom. The van der Waals surface area contributed by atoms with Crippen molar-refractivity contribution in [1.82, 2.24) is 15.0 Å². The number of carbonyl (C=O) groups is 3. The molecule has 0 unspecified atom stereocenters. The Bertz CT molecular complexity index is 1610. The highest BCUT2D eigenvalue weighted by molar-refractivity contribution is 6.71. The molecule has 2 amide bonds. The molecule has 0 radical (unpaired) electrons. The molecule has 0 aliphatic carbocycles. The Morgan fingerprint density at radius 3 is 2.57 bits per heavy atom. The molecule has 252 valence electrons. The number of unbranched alkanes of at least 4 members (excludes halogenated alkanes) is 1. The van der Waals surface area contributed by atoms with Gasteiger partial charge in [0.05, 0.1) is 24.6 Å². The van der Waals surface area contributed by atoms with Crippen LogP contribution in [0.25, 0.3) is 0 Å². The third-order valence-corrected chi connectivity index (χ3v) is 11.8. The second kappa shape index (κ2) is 13.9. The number of nitrogen functional groups attached to an aromatic ring is 1. The molecular weight excluding hydrogens is 620 g/mol. The zero-order valence-electron chi connectivity index (χ0n) is 27.3. The minimum Gasteiger partial charge on any atom is -0.469 e. The molecule has 2 aromatic carbocycles. The van der Waals surface area contributed by atoms with Crippen LogP contribution >= 0.6 is 0 Å². The average molecular weight is 665 g/mol. The quantitative estimate of drug-likeness (QED) is 0.0916. The number of aryl methyl sites for hydroxylation is 1. The van der Waals surface area contributed by atoms with E-state index in [2.05, 4.69) is 15.6 Å². The predicted octanol–water partition coefficient (Wildman–Crippen LogP) is 3.23. The van der Waals surface area contributed by atoms with Crippen LogP contribution in [0.4, 0.5) is 17.1 Å². The van der Waals surface area contributed by atoms with E-state index in [1.165, 1.54) is 7.11 Å². The summed E-state index contributed by atoms with van der Waals surface area (Å²) in [6, 6.07) is 12.0. The van der Waals surface area contributed by atoms with Gasteiger partial charge in [0.2, 0.25) is 0 Å². The summed E-state index contributed by atoms with van der Waals surface area (Å²) >= 11 is 0. The lowest BCUT2D eigenvalue weighted by molar-refractivity contribution is -0.146. The number of methoxy groups -OCH3 is 1. The molecule has 14 heteroatoms. The summed E-state index contributed by atoms with van der Waals surface area (Å²) in [4.78, 5) is 52.8. The Balaban J connectivity index is 1.48. The number of aromatic nitrogens is 3. The lowest BCUT2D eigenvalue weighted by Crippen LogP contribution is -2.46. The number of fused-ring (bicyclic) bond motifs is 2. The molecule has 1 aromatic heterocycles. The average Bonchev–Trinajstić information content (AvgIpc) is 3.68. The van der Waals surface area contributed by atoms with E-state index in [1.807, 2.05) is 26.1 Å². The van der Waals surface area contributed by atoms with Gasteiger partial charge >= 0.3 is 5.97 Å². The second-order valence-electron chi connectivity index (χ2n) is 12.9. The minimum absolute atomic E-state index is 0.0278. The summed E-state index contributed by atoms with van der Waals surface area (Å²) in [6.07, 6.45) is 3.55. The zero-order valence-corrected chi connectivity index (χ0v) is 28.3. The van der Waals surface area contributed by atoms with E-state index >= 15 is 0 Å². The zero-order chi connectivity index (χ0) is 33.9. The first-order chi connectivity index (χ1) is 22.4. The Hall–Kier alpha value is -4.11. The number of benzene rings is 2. The smallest absolute Gasteiger partial charge is 0.305 e. The number of nitrogens with two attached hydrogens (primary N) is 1. The number of nitrogens with zero attached hydrogens (tertiary/aromatic N) is 4. The van der Waals surface area contributed by atoms with Crippen molar-refractivity contribution in [1.29, 1.82) is 0 Å². The van der Waals surface area contributed by atoms with E-state index in [-0.39, 0.29) is 36.4 Å². The van der Waals surface area contributed by atoms with Gasteiger partial charge in [-0.15, -0.1) is 5.10 Å². The van der Waals surface area contributed by atoms with E-state index in [0.717, 1.165) is 0 Å². The maximum atomic E-state index is 14.6. The molecule has 4 atom stereocenters. The maximum absolute atomic E-state index is 14.6. The standard InChI is InChI=1S/C33H44N6O7Si/c1-21-30(47(3,4)44)28(14-17-38-20-25(15-18-40)36-37-38)46-33(21)26-19-24(35-31(42)22-8-10-23(34)11-9-22)12-13-27(26)39(32(33)43)16-6-5-7-29(41)45-2/h8-13,19-21,28,30,40,44H,5-7,14-18,34H2,1-4H3,(H,35,42)/t21-,28+,30-,33+/m0/s1. The fraction of sp³-hybridized carbons (Fsp3) is 0.485. The monoisotopic (exact) mass is 664 g/mol. The normalized spacial score (nSPS) is 22.1. The van der Waals surface area contributed by atoms with Crippen LogP contribution in [0.2, 0.25) is 18.6 Å². The summed E-state index contributed by atoms with van der Waals surface area (Å²) in [5, 5.41) is 20.5. The molecule has 3 aromatic rings. The van der Waals surface area contributed by atoms with Gasteiger partial charge in [0.15, 0.2) is 13.9 Å². The lowest BCUT2D eigenvalue weighted by atomic mass is 9.82. The number of rotatable bonds is 13. The third-order valence-electron chi connectivity index (χ3n) is 9.25. The Labute approximate surface area is 275 Å². The number of carbonyl (C=O) groups excluding carboxylic acids is 3. The van der Waals surface area contributed by atoms with E-state index in [0.29, 0.717) is 72.7 Å². The second-order valence-corrected chi connectivity index (χ2v) is 16.9. The number of ether oxygens (including phenoxy) is 2. The van der Waals surface area contributed by atoms with Gasteiger partial charge in [-0.05, 0) is 74.8 Å². The highest BCUT2D eigenvalue weighted by Gasteiger charge is 2.66. The van der Waals surface area contributed by atoms with E-state index in [4.69, 9.17) is 15.2 Å². The van der Waals surface area contributed by atoms with Crippen molar-refractivity contribution in [3.8, 4) is 0 Å². The van der Waals surface area contributed by atoms with Crippen LogP contribution in [0.1, 0.15) is 54.2 Å². The molecule has 3 heterocycles. The highest BCUT2D eigenvalue weighted by atomic mass is 28.4. The minimum atomic E-state index is -2.90. The molecular formula is C33H44N6O7Si. The first kappa shape index (κ1) is 34.2. The number of amides is 2. The summed E-state index contributed by atoms with van der Waals surface area (Å²) in [6.45, 7) is 6.48. The van der Waals surface area contributed by atoms with E-state index in [1.54, 1.807) is 52.2 Å². The van der Waals surface area contributed by atoms with Crippen LogP contribution in [0.5, 0.6) is 0 Å². The molecule has 47 heavy (non-hydrogen) atoms. The maximum Gasteiger partial charge on any atom is 0.305 e. The topological polar surface area (TPSA) is 182 Å². The van der Waals surface area contributed by atoms with Crippen molar-refractivity contribution >= 4 is 43.2 Å². The van der Waals surface area contributed by atoms with Crippen molar-refractivity contribution in [2.24, 2.45) is 5.92 Å². The van der Waals surface area contributed by atoms with Crippen LogP contribution in [-0.4, -0.2) is 77.4 Å². The molecule has 5 N–H and O–H groups in total. The first-order valence-corrected chi connectivity index (χ1v) is 19.0. The molecule has 1 spiro atoms. The van der Waals surface area contributed by atoms with Gasteiger partial charge in [-0.2, -0.15) is 0 Å².